The highest BCUT2D eigenvalue weighted by Gasteiger charge is 2.17. The van der Waals surface area contributed by atoms with Crippen molar-refractivity contribution in [2.75, 3.05) is 0 Å². The average molecular weight is 311 g/mol. The highest BCUT2D eigenvalue weighted by molar-refractivity contribution is 5.94. The van der Waals surface area contributed by atoms with Crippen LogP contribution in [0.1, 0.15) is 0 Å². The normalized spacial score (nSPS) is 10.7. The lowest BCUT2D eigenvalue weighted by atomic mass is 9.94. The maximum absolute atomic E-state index is 10.3. The van der Waals surface area contributed by atoms with Crippen LogP contribution in [-0.4, -0.2) is 10.1 Å². The Labute approximate surface area is 141 Å². The zero-order chi connectivity index (χ0) is 16.4. The Kier molecular flexibility index (Phi) is 3.64. The predicted octanol–water partition coefficient (Wildman–Crippen LogP) is 5.72. The van der Waals surface area contributed by atoms with E-state index in [1.54, 1.807) is 6.07 Å². The van der Waals surface area contributed by atoms with E-state index in [1.165, 1.54) is 0 Å². The summed E-state index contributed by atoms with van der Waals surface area (Å²) in [6, 6.07) is 28.0. The first-order valence-corrected chi connectivity index (χ1v) is 7.95. The van der Waals surface area contributed by atoms with Crippen molar-refractivity contribution in [1.82, 2.24) is 4.98 Å². The lowest BCUT2D eigenvalue weighted by molar-refractivity contribution is 0.477. The van der Waals surface area contributed by atoms with Crippen LogP contribution >= 0.6 is 0 Å². The molecule has 2 nitrogen and oxygen atoms in total. The number of H-pyrrole nitrogens is 1. The van der Waals surface area contributed by atoms with Gasteiger partial charge < -0.3 is 10.1 Å². The second-order valence-corrected chi connectivity index (χ2v) is 5.70. The van der Waals surface area contributed by atoms with Crippen molar-refractivity contribution in [1.29, 1.82) is 0 Å². The van der Waals surface area contributed by atoms with E-state index in [1.807, 2.05) is 60.8 Å². The maximum Gasteiger partial charge on any atom is 0.124 e. The molecule has 4 rings (SSSR count). The Morgan fingerprint density at radius 2 is 1.17 bits per heavy atom. The highest BCUT2D eigenvalue weighted by Crippen LogP contribution is 2.42. The number of hydrogen-bond donors (Lipinski definition) is 2. The van der Waals surface area contributed by atoms with Gasteiger partial charge in [0, 0.05) is 22.9 Å². The van der Waals surface area contributed by atoms with E-state index in [4.69, 9.17) is 0 Å². The molecule has 3 aromatic carbocycles. The summed E-state index contributed by atoms with van der Waals surface area (Å²) in [5.41, 5.74) is 6.23. The fourth-order valence-corrected chi connectivity index (χ4v) is 3.07. The zero-order valence-electron chi connectivity index (χ0n) is 13.1. The van der Waals surface area contributed by atoms with Crippen LogP contribution in [0.15, 0.2) is 91.1 Å². The number of aromatic nitrogens is 1. The molecule has 0 amide bonds. The van der Waals surface area contributed by atoms with Crippen LogP contribution in [0.4, 0.5) is 0 Å². The molecule has 0 saturated heterocycles. The van der Waals surface area contributed by atoms with Crippen molar-refractivity contribution in [3.05, 3.63) is 91.1 Å². The number of phenolic OH excluding ortho intramolecular Hbond substituents is 1. The third-order valence-corrected chi connectivity index (χ3v) is 4.20. The third-order valence-electron chi connectivity index (χ3n) is 4.20. The van der Waals surface area contributed by atoms with Crippen molar-refractivity contribution in [3.8, 4) is 39.3 Å². The number of aromatic hydroxyl groups is 1. The largest absolute Gasteiger partial charge is 0.507 e. The van der Waals surface area contributed by atoms with Crippen molar-refractivity contribution < 1.29 is 5.11 Å². The molecule has 0 unspecified atom stereocenters. The summed E-state index contributed by atoms with van der Waals surface area (Å²) >= 11 is 0. The summed E-state index contributed by atoms with van der Waals surface area (Å²) in [7, 11) is 0. The highest BCUT2D eigenvalue weighted by atomic mass is 16.3. The van der Waals surface area contributed by atoms with Crippen molar-refractivity contribution in [3.63, 3.8) is 0 Å². The van der Waals surface area contributed by atoms with E-state index in [-0.39, 0.29) is 5.75 Å². The Morgan fingerprint density at radius 1 is 0.583 bits per heavy atom. The van der Waals surface area contributed by atoms with Crippen LogP contribution in [0, 0.1) is 0 Å². The van der Waals surface area contributed by atoms with Gasteiger partial charge in [-0.15, -0.1) is 0 Å². The summed E-state index contributed by atoms with van der Waals surface area (Å²) in [5.74, 6) is 0.274. The topological polar surface area (TPSA) is 36.0 Å². The number of para-hydroxylation sites is 1. The SMILES string of the molecule is Oc1ccccc1-c1[nH]cc(-c2ccccc2)c1-c1ccccc1. The summed E-state index contributed by atoms with van der Waals surface area (Å²) in [4.78, 5) is 3.37. The van der Waals surface area contributed by atoms with Gasteiger partial charge in [0.1, 0.15) is 5.75 Å². The maximum atomic E-state index is 10.3. The van der Waals surface area contributed by atoms with E-state index in [9.17, 15) is 5.11 Å². The van der Waals surface area contributed by atoms with Crippen molar-refractivity contribution in [2.24, 2.45) is 0 Å². The van der Waals surface area contributed by atoms with Crippen LogP contribution in [-0.2, 0) is 0 Å². The smallest absolute Gasteiger partial charge is 0.124 e. The van der Waals surface area contributed by atoms with Gasteiger partial charge in [0.15, 0.2) is 0 Å². The monoisotopic (exact) mass is 311 g/mol. The second-order valence-electron chi connectivity index (χ2n) is 5.70. The number of hydrogen-bond acceptors (Lipinski definition) is 1. The minimum atomic E-state index is 0.274. The van der Waals surface area contributed by atoms with Gasteiger partial charge >= 0.3 is 0 Å². The Bertz CT molecular complexity index is 956. The Balaban J connectivity index is 2.00. The molecule has 1 aromatic heterocycles. The first kappa shape index (κ1) is 14.3. The average Bonchev–Trinajstić information content (AvgIpc) is 3.08. The lowest BCUT2D eigenvalue weighted by Crippen LogP contribution is -1.85. The molecule has 0 saturated carbocycles. The van der Waals surface area contributed by atoms with Crippen LogP contribution < -0.4 is 0 Å². The summed E-state index contributed by atoms with van der Waals surface area (Å²) < 4.78 is 0. The van der Waals surface area contributed by atoms with E-state index < -0.39 is 0 Å². The molecule has 1 heterocycles. The molecule has 4 aromatic rings. The van der Waals surface area contributed by atoms with E-state index in [0.717, 1.165) is 33.5 Å². The molecule has 0 atom stereocenters. The number of phenols is 1. The molecular weight excluding hydrogens is 294 g/mol. The molecule has 0 aliphatic rings. The molecule has 2 N–H and O–H groups in total. The van der Waals surface area contributed by atoms with Crippen LogP contribution in [0.5, 0.6) is 5.75 Å². The van der Waals surface area contributed by atoms with E-state index in [0.29, 0.717) is 0 Å². The molecule has 0 bridgehead atoms. The Hall–Kier alpha value is -3.26. The van der Waals surface area contributed by atoms with Gasteiger partial charge in [0.25, 0.3) is 0 Å². The fourth-order valence-electron chi connectivity index (χ4n) is 3.07. The van der Waals surface area contributed by atoms with E-state index >= 15 is 0 Å². The molecular formula is C22H17NO. The van der Waals surface area contributed by atoms with Crippen molar-refractivity contribution >= 4 is 0 Å². The number of rotatable bonds is 3. The summed E-state index contributed by atoms with van der Waals surface area (Å²) in [5, 5.41) is 10.3. The number of aromatic amines is 1. The van der Waals surface area contributed by atoms with Gasteiger partial charge in [-0.25, -0.2) is 0 Å². The minimum Gasteiger partial charge on any atom is -0.507 e. The summed E-state index contributed by atoms with van der Waals surface area (Å²) in [6.07, 6.45) is 2.01. The standard InChI is InChI=1S/C22H17NO/c24-20-14-8-7-13-18(20)22-21(17-11-5-2-6-12-17)19(15-23-22)16-9-3-1-4-10-16/h1-15,23-24H. The number of benzene rings is 3. The number of nitrogens with one attached hydrogen (secondary N) is 1. The molecule has 2 heteroatoms. The Morgan fingerprint density at radius 3 is 1.83 bits per heavy atom. The molecule has 0 aliphatic carbocycles. The van der Waals surface area contributed by atoms with Gasteiger partial charge in [-0.2, -0.15) is 0 Å². The van der Waals surface area contributed by atoms with E-state index in [2.05, 4.69) is 29.2 Å². The van der Waals surface area contributed by atoms with Crippen LogP contribution in [0.3, 0.4) is 0 Å². The van der Waals surface area contributed by atoms with Gasteiger partial charge in [-0.3, -0.25) is 0 Å². The van der Waals surface area contributed by atoms with Gasteiger partial charge in [0.2, 0.25) is 0 Å². The molecule has 116 valence electrons. The van der Waals surface area contributed by atoms with Gasteiger partial charge in [-0.1, -0.05) is 72.8 Å². The zero-order valence-corrected chi connectivity index (χ0v) is 13.1. The van der Waals surface area contributed by atoms with Crippen molar-refractivity contribution in [2.45, 2.75) is 0 Å². The first-order valence-electron chi connectivity index (χ1n) is 7.95. The van der Waals surface area contributed by atoms with Gasteiger partial charge in [0.05, 0.1) is 5.69 Å². The summed E-state index contributed by atoms with van der Waals surface area (Å²) in [6.45, 7) is 0. The molecule has 0 spiro atoms. The predicted molar refractivity (Wildman–Crippen MR) is 98.8 cm³/mol. The fraction of sp³-hybridized carbons (Fsp3) is 0. The van der Waals surface area contributed by atoms with Gasteiger partial charge in [-0.05, 0) is 23.3 Å². The minimum absolute atomic E-state index is 0.274. The first-order chi connectivity index (χ1) is 11.8. The molecule has 0 fully saturated rings. The third kappa shape index (κ3) is 2.48. The second kappa shape index (κ2) is 6.09. The quantitative estimate of drug-likeness (QED) is 0.498. The molecule has 0 radical (unpaired) electrons. The molecule has 0 aliphatic heterocycles. The van der Waals surface area contributed by atoms with Crippen LogP contribution in [0.25, 0.3) is 33.5 Å². The lowest BCUT2D eigenvalue weighted by Gasteiger charge is -2.10. The van der Waals surface area contributed by atoms with Crippen LogP contribution in [0.2, 0.25) is 0 Å². The molecule has 24 heavy (non-hydrogen) atoms.